The Morgan fingerprint density at radius 3 is 2.71 bits per heavy atom. The van der Waals surface area contributed by atoms with Crippen LogP contribution in [0.1, 0.15) is 26.7 Å². The quantitative estimate of drug-likeness (QED) is 0.773. The largest absolute Gasteiger partial charge is 0.354 e. The number of carbonyl (C=O) groups is 1. The van der Waals surface area contributed by atoms with Gasteiger partial charge in [0.05, 0.1) is 6.04 Å². The van der Waals surface area contributed by atoms with E-state index >= 15 is 0 Å². The summed E-state index contributed by atoms with van der Waals surface area (Å²) in [6.07, 6.45) is 2.12. The molecule has 102 valence electrons. The average Bonchev–Trinajstić information content (AvgIpc) is 2.69. The van der Waals surface area contributed by atoms with Gasteiger partial charge in [-0.25, -0.2) is 0 Å². The smallest absolute Gasteiger partial charge is 0.237 e. The average molecular weight is 264 g/mol. The van der Waals surface area contributed by atoms with Crippen LogP contribution >= 0.6 is 12.4 Å². The Morgan fingerprint density at radius 2 is 2.24 bits per heavy atom. The minimum Gasteiger partial charge on any atom is -0.354 e. The normalized spacial score (nSPS) is 23.9. The fourth-order valence-electron chi connectivity index (χ4n) is 2.07. The summed E-state index contributed by atoms with van der Waals surface area (Å²) in [4.78, 5) is 14.0. The molecule has 3 unspecified atom stereocenters. The molecule has 1 amide bonds. The van der Waals surface area contributed by atoms with Gasteiger partial charge in [0.15, 0.2) is 0 Å². The van der Waals surface area contributed by atoms with Gasteiger partial charge in [-0.1, -0.05) is 20.3 Å². The van der Waals surface area contributed by atoms with Crippen LogP contribution in [0.25, 0.3) is 0 Å². The molecule has 0 bridgehead atoms. The van der Waals surface area contributed by atoms with Crippen LogP contribution < -0.4 is 11.1 Å². The SMILES string of the molecule is CCC(C)C(N)C(=O)NCC1CCN(C)C1.Cl. The summed E-state index contributed by atoms with van der Waals surface area (Å²) < 4.78 is 0. The minimum absolute atomic E-state index is 0. The van der Waals surface area contributed by atoms with Crippen LogP contribution in [0.15, 0.2) is 0 Å². The van der Waals surface area contributed by atoms with Crippen LogP contribution in [0.3, 0.4) is 0 Å². The number of carbonyl (C=O) groups excluding carboxylic acids is 1. The molecule has 0 aromatic rings. The van der Waals surface area contributed by atoms with E-state index in [1.54, 1.807) is 0 Å². The molecule has 0 saturated carbocycles. The first kappa shape index (κ1) is 16.7. The van der Waals surface area contributed by atoms with Crippen molar-refractivity contribution in [3.8, 4) is 0 Å². The van der Waals surface area contributed by atoms with E-state index in [9.17, 15) is 4.79 Å². The first-order chi connectivity index (χ1) is 7.54. The number of hydrogen-bond acceptors (Lipinski definition) is 3. The van der Waals surface area contributed by atoms with Crippen molar-refractivity contribution >= 4 is 18.3 Å². The maximum Gasteiger partial charge on any atom is 0.237 e. The predicted octanol–water partition coefficient (Wildman–Crippen LogP) is 0.850. The van der Waals surface area contributed by atoms with E-state index in [1.807, 2.05) is 6.92 Å². The molecule has 1 heterocycles. The molecule has 3 N–H and O–H groups in total. The highest BCUT2D eigenvalue weighted by atomic mass is 35.5. The summed E-state index contributed by atoms with van der Waals surface area (Å²) in [6.45, 7) is 7.07. The van der Waals surface area contributed by atoms with Gasteiger partial charge in [0.2, 0.25) is 5.91 Å². The van der Waals surface area contributed by atoms with Crippen molar-refractivity contribution in [2.45, 2.75) is 32.7 Å². The fraction of sp³-hybridized carbons (Fsp3) is 0.917. The minimum atomic E-state index is -0.357. The van der Waals surface area contributed by atoms with Gasteiger partial charge in [0, 0.05) is 13.1 Å². The van der Waals surface area contributed by atoms with E-state index in [0.29, 0.717) is 5.92 Å². The maximum atomic E-state index is 11.7. The van der Waals surface area contributed by atoms with Gasteiger partial charge < -0.3 is 16.0 Å². The third-order valence-corrected chi connectivity index (χ3v) is 3.61. The second-order valence-electron chi connectivity index (χ2n) is 5.07. The second-order valence-corrected chi connectivity index (χ2v) is 5.07. The maximum absolute atomic E-state index is 11.7. The molecule has 0 aromatic heterocycles. The molecule has 4 nitrogen and oxygen atoms in total. The molecule has 5 heteroatoms. The molecule has 1 rings (SSSR count). The van der Waals surface area contributed by atoms with E-state index in [0.717, 1.165) is 26.1 Å². The van der Waals surface area contributed by atoms with Crippen molar-refractivity contribution in [3.63, 3.8) is 0 Å². The van der Waals surface area contributed by atoms with Crippen LogP contribution in [0.2, 0.25) is 0 Å². The highest BCUT2D eigenvalue weighted by molar-refractivity contribution is 5.85. The molecule has 0 aliphatic carbocycles. The first-order valence-corrected chi connectivity index (χ1v) is 6.26. The highest BCUT2D eigenvalue weighted by Crippen LogP contribution is 2.13. The van der Waals surface area contributed by atoms with E-state index in [4.69, 9.17) is 5.73 Å². The van der Waals surface area contributed by atoms with Gasteiger partial charge >= 0.3 is 0 Å². The lowest BCUT2D eigenvalue weighted by Crippen LogP contribution is -2.46. The van der Waals surface area contributed by atoms with E-state index in [1.165, 1.54) is 6.42 Å². The van der Waals surface area contributed by atoms with E-state index < -0.39 is 0 Å². The van der Waals surface area contributed by atoms with Gasteiger partial charge in [0.1, 0.15) is 0 Å². The van der Waals surface area contributed by atoms with Crippen molar-refractivity contribution < 1.29 is 4.79 Å². The number of likely N-dealkylation sites (tertiary alicyclic amines) is 1. The van der Waals surface area contributed by atoms with Crippen LogP contribution in [0.4, 0.5) is 0 Å². The zero-order chi connectivity index (χ0) is 12.1. The second kappa shape index (κ2) is 7.90. The Balaban J connectivity index is 0.00000256. The molecule has 1 fully saturated rings. The molecule has 1 aliphatic rings. The molecule has 0 aromatic carbocycles. The summed E-state index contributed by atoms with van der Waals surface area (Å²) in [5.41, 5.74) is 5.86. The van der Waals surface area contributed by atoms with Crippen LogP contribution in [0.5, 0.6) is 0 Å². The third kappa shape index (κ3) is 5.23. The monoisotopic (exact) mass is 263 g/mol. The standard InChI is InChI=1S/C12H25N3O.ClH/c1-4-9(2)11(13)12(16)14-7-10-5-6-15(3)8-10;/h9-11H,4-8,13H2,1-3H3,(H,14,16);1H. The number of nitrogens with zero attached hydrogens (tertiary/aromatic N) is 1. The number of nitrogens with one attached hydrogen (secondary N) is 1. The van der Waals surface area contributed by atoms with Crippen molar-refractivity contribution in [1.29, 1.82) is 0 Å². The predicted molar refractivity (Wildman–Crippen MR) is 73.3 cm³/mol. The lowest BCUT2D eigenvalue weighted by Gasteiger charge is -2.19. The van der Waals surface area contributed by atoms with Crippen LogP contribution in [0, 0.1) is 11.8 Å². The number of amides is 1. The van der Waals surface area contributed by atoms with E-state index in [-0.39, 0.29) is 30.3 Å². The Hall–Kier alpha value is -0.320. The van der Waals surface area contributed by atoms with E-state index in [2.05, 4.69) is 24.2 Å². The van der Waals surface area contributed by atoms with Gasteiger partial charge in [-0.3, -0.25) is 4.79 Å². The van der Waals surface area contributed by atoms with Crippen molar-refractivity contribution in [2.24, 2.45) is 17.6 Å². The highest BCUT2D eigenvalue weighted by Gasteiger charge is 2.23. The molecule has 0 radical (unpaired) electrons. The zero-order valence-corrected chi connectivity index (χ0v) is 11.9. The molecular formula is C12H26ClN3O. The summed E-state index contributed by atoms with van der Waals surface area (Å²) in [7, 11) is 2.12. The zero-order valence-electron chi connectivity index (χ0n) is 11.1. The van der Waals surface area contributed by atoms with Gasteiger partial charge in [-0.2, -0.15) is 0 Å². The summed E-state index contributed by atoms with van der Waals surface area (Å²) >= 11 is 0. The molecule has 3 atom stereocenters. The Morgan fingerprint density at radius 1 is 1.59 bits per heavy atom. The first-order valence-electron chi connectivity index (χ1n) is 6.26. The topological polar surface area (TPSA) is 58.4 Å². The van der Waals surface area contributed by atoms with Crippen LogP contribution in [-0.4, -0.2) is 43.5 Å². The fourth-order valence-corrected chi connectivity index (χ4v) is 2.07. The molecule has 0 spiro atoms. The molecule has 1 saturated heterocycles. The number of halogens is 1. The lowest BCUT2D eigenvalue weighted by atomic mass is 9.99. The number of nitrogens with two attached hydrogens (primary N) is 1. The van der Waals surface area contributed by atoms with Gasteiger partial charge in [-0.15, -0.1) is 12.4 Å². The Labute approximate surface area is 111 Å². The lowest BCUT2D eigenvalue weighted by molar-refractivity contribution is -0.123. The molecule has 17 heavy (non-hydrogen) atoms. The van der Waals surface area contributed by atoms with Gasteiger partial charge in [-0.05, 0) is 31.8 Å². The Bertz CT molecular complexity index is 238. The van der Waals surface area contributed by atoms with Crippen molar-refractivity contribution in [1.82, 2.24) is 10.2 Å². The van der Waals surface area contributed by atoms with Crippen LogP contribution in [-0.2, 0) is 4.79 Å². The molecular weight excluding hydrogens is 238 g/mol. The van der Waals surface area contributed by atoms with Crippen molar-refractivity contribution in [2.75, 3.05) is 26.7 Å². The molecule has 1 aliphatic heterocycles. The number of rotatable bonds is 5. The summed E-state index contributed by atoms with van der Waals surface area (Å²) in [6, 6.07) is -0.357. The Kier molecular flexibility index (Phi) is 7.75. The summed E-state index contributed by atoms with van der Waals surface area (Å²) in [5.74, 6) is 0.855. The third-order valence-electron chi connectivity index (χ3n) is 3.61. The number of hydrogen-bond donors (Lipinski definition) is 2. The van der Waals surface area contributed by atoms with Crippen molar-refractivity contribution in [3.05, 3.63) is 0 Å². The summed E-state index contributed by atoms with van der Waals surface area (Å²) in [5, 5.41) is 2.97. The van der Waals surface area contributed by atoms with Gasteiger partial charge in [0.25, 0.3) is 0 Å².